The third-order valence-corrected chi connectivity index (χ3v) is 7.27. The summed E-state index contributed by atoms with van der Waals surface area (Å²) in [6, 6.07) is 8.72. The lowest BCUT2D eigenvalue weighted by atomic mass is 10.2. The van der Waals surface area contributed by atoms with Crippen molar-refractivity contribution in [3.63, 3.8) is 0 Å². The Morgan fingerprint density at radius 3 is 2.64 bits per heavy atom. The number of aromatic nitrogens is 1. The lowest BCUT2D eigenvalue weighted by Gasteiger charge is -2.11. The zero-order valence-corrected chi connectivity index (χ0v) is 16.9. The van der Waals surface area contributed by atoms with Gasteiger partial charge in [-0.25, -0.2) is 18.2 Å². The highest BCUT2D eigenvalue weighted by Gasteiger charge is 2.20. The number of hydrogen-bond acceptors (Lipinski definition) is 6. The van der Waals surface area contributed by atoms with E-state index in [-0.39, 0.29) is 15.5 Å². The Morgan fingerprint density at radius 1 is 1.18 bits per heavy atom. The first-order valence-electron chi connectivity index (χ1n) is 8.55. The first-order valence-corrected chi connectivity index (χ1v) is 11.2. The normalized spacial score (nSPS) is 14.5. The second-order valence-corrected chi connectivity index (χ2v) is 9.52. The molecule has 0 bridgehead atoms. The fourth-order valence-corrected chi connectivity index (χ4v) is 5.40. The van der Waals surface area contributed by atoms with Crippen LogP contribution in [0.1, 0.15) is 23.2 Å². The van der Waals surface area contributed by atoms with Gasteiger partial charge in [0.25, 0.3) is 10.0 Å². The van der Waals surface area contributed by atoms with Gasteiger partial charge in [-0.05, 0) is 49.2 Å². The molecule has 3 aromatic rings. The monoisotopic (exact) mass is 437 g/mol. The van der Waals surface area contributed by atoms with Crippen LogP contribution < -0.4 is 9.62 Å². The van der Waals surface area contributed by atoms with E-state index >= 15 is 0 Å². The molecular weight excluding hydrogens is 422 g/mol. The van der Waals surface area contributed by atoms with Crippen molar-refractivity contribution in [2.75, 3.05) is 22.7 Å². The summed E-state index contributed by atoms with van der Waals surface area (Å²) < 4.78 is 28.7. The van der Waals surface area contributed by atoms with Crippen molar-refractivity contribution in [3.8, 4) is 0 Å². The highest BCUT2D eigenvalue weighted by molar-refractivity contribution is 7.92. The Hall–Kier alpha value is -2.36. The van der Waals surface area contributed by atoms with Crippen LogP contribution in [-0.4, -0.2) is 37.6 Å². The van der Waals surface area contributed by atoms with Crippen molar-refractivity contribution in [1.29, 1.82) is 0 Å². The summed E-state index contributed by atoms with van der Waals surface area (Å²) in [6.07, 6.45) is 2.31. The van der Waals surface area contributed by atoms with E-state index < -0.39 is 16.0 Å². The Balaban J connectivity index is 1.63. The number of anilines is 2. The topological polar surface area (TPSA) is 99.6 Å². The molecule has 1 saturated heterocycles. The summed E-state index contributed by atoms with van der Waals surface area (Å²) in [5, 5.41) is 10.1. The zero-order chi connectivity index (χ0) is 19.9. The van der Waals surface area contributed by atoms with Crippen molar-refractivity contribution < 1.29 is 18.3 Å². The lowest BCUT2D eigenvalue weighted by Crippen LogP contribution is -2.16. The van der Waals surface area contributed by atoms with Crippen LogP contribution in [0.2, 0.25) is 5.02 Å². The van der Waals surface area contributed by atoms with Crippen LogP contribution in [0.4, 0.5) is 10.8 Å². The summed E-state index contributed by atoms with van der Waals surface area (Å²) in [6.45, 7) is 1.98. The summed E-state index contributed by atoms with van der Waals surface area (Å²) in [4.78, 5) is 17.9. The Bertz CT molecular complexity index is 1170. The van der Waals surface area contributed by atoms with Gasteiger partial charge in [0.05, 0.1) is 31.4 Å². The highest BCUT2D eigenvalue weighted by Crippen LogP contribution is 2.33. The fourth-order valence-electron chi connectivity index (χ4n) is 3.07. The number of sulfonamides is 1. The maximum Gasteiger partial charge on any atom is 0.337 e. The predicted molar refractivity (Wildman–Crippen MR) is 110 cm³/mol. The first kappa shape index (κ1) is 19.0. The SMILES string of the molecule is O=C(O)c1cc(S(=O)(=O)Nc2ccc3nc(N4CCCC4)sc3c2)ccc1Cl. The molecule has 4 rings (SSSR count). The number of aromatic carboxylic acids is 1. The number of halogens is 1. The summed E-state index contributed by atoms with van der Waals surface area (Å²) in [7, 11) is -3.96. The molecule has 28 heavy (non-hydrogen) atoms. The molecule has 2 heterocycles. The average Bonchev–Trinajstić information content (AvgIpc) is 3.30. The molecule has 0 radical (unpaired) electrons. The third kappa shape index (κ3) is 3.65. The van der Waals surface area contributed by atoms with E-state index in [9.17, 15) is 13.2 Å². The third-order valence-electron chi connectivity index (χ3n) is 4.48. The largest absolute Gasteiger partial charge is 0.478 e. The van der Waals surface area contributed by atoms with Crippen molar-refractivity contribution in [2.24, 2.45) is 0 Å². The van der Waals surface area contributed by atoms with Crippen LogP contribution in [0.25, 0.3) is 10.2 Å². The van der Waals surface area contributed by atoms with Gasteiger partial charge in [0, 0.05) is 13.1 Å². The van der Waals surface area contributed by atoms with Crippen molar-refractivity contribution in [1.82, 2.24) is 4.98 Å². The van der Waals surface area contributed by atoms with E-state index in [0.717, 1.165) is 47.3 Å². The first-order chi connectivity index (χ1) is 13.3. The number of carbonyl (C=O) groups is 1. The number of nitrogens with zero attached hydrogens (tertiary/aromatic N) is 2. The van der Waals surface area contributed by atoms with Crippen molar-refractivity contribution in [3.05, 3.63) is 47.0 Å². The minimum atomic E-state index is -3.96. The number of carboxylic acid groups (broad SMARTS) is 1. The van der Waals surface area contributed by atoms with Gasteiger partial charge in [-0.1, -0.05) is 22.9 Å². The number of rotatable bonds is 5. The molecule has 0 atom stereocenters. The van der Waals surface area contributed by atoms with Gasteiger partial charge in [-0.3, -0.25) is 4.72 Å². The molecule has 0 unspecified atom stereocenters. The van der Waals surface area contributed by atoms with Gasteiger partial charge in [0.15, 0.2) is 5.13 Å². The maximum absolute atomic E-state index is 12.7. The molecular formula is C18H16ClN3O4S2. The Kier molecular flexibility index (Phi) is 4.90. The molecule has 0 spiro atoms. The minimum absolute atomic E-state index is 0.0213. The molecule has 7 nitrogen and oxygen atoms in total. The molecule has 1 fully saturated rings. The molecule has 1 aliphatic heterocycles. The molecule has 2 aromatic carbocycles. The van der Waals surface area contributed by atoms with Crippen LogP contribution in [0.15, 0.2) is 41.3 Å². The number of nitrogens with one attached hydrogen (secondary N) is 1. The molecule has 10 heteroatoms. The zero-order valence-electron chi connectivity index (χ0n) is 14.6. The van der Waals surface area contributed by atoms with E-state index in [0.29, 0.717) is 5.69 Å². The van der Waals surface area contributed by atoms with Gasteiger partial charge in [-0.15, -0.1) is 0 Å². The van der Waals surface area contributed by atoms with Crippen LogP contribution in [0.5, 0.6) is 0 Å². The van der Waals surface area contributed by atoms with Gasteiger partial charge < -0.3 is 10.0 Å². The molecule has 2 N–H and O–H groups in total. The fraction of sp³-hybridized carbons (Fsp3) is 0.222. The quantitative estimate of drug-likeness (QED) is 0.624. The molecule has 1 aromatic heterocycles. The van der Waals surface area contributed by atoms with Crippen molar-refractivity contribution in [2.45, 2.75) is 17.7 Å². The molecule has 0 amide bonds. The molecule has 0 saturated carbocycles. The number of hydrogen-bond donors (Lipinski definition) is 2. The lowest BCUT2D eigenvalue weighted by molar-refractivity contribution is 0.0697. The van der Waals surface area contributed by atoms with Crippen LogP contribution in [0.3, 0.4) is 0 Å². The van der Waals surface area contributed by atoms with Gasteiger partial charge >= 0.3 is 5.97 Å². The molecule has 1 aliphatic rings. The Labute approximate surface area is 170 Å². The molecule has 146 valence electrons. The number of fused-ring (bicyclic) bond motifs is 1. The van der Waals surface area contributed by atoms with Crippen LogP contribution in [-0.2, 0) is 10.0 Å². The summed E-state index contributed by atoms with van der Waals surface area (Å²) >= 11 is 7.34. The minimum Gasteiger partial charge on any atom is -0.478 e. The Morgan fingerprint density at radius 2 is 1.93 bits per heavy atom. The maximum atomic E-state index is 12.7. The highest BCUT2D eigenvalue weighted by atomic mass is 35.5. The molecule has 0 aliphatic carbocycles. The van der Waals surface area contributed by atoms with E-state index in [2.05, 4.69) is 14.6 Å². The standard InChI is InChI=1S/C18H16ClN3O4S2/c19-14-5-4-12(10-13(14)17(23)24)28(25,26)21-11-3-6-15-16(9-11)27-18(20-15)22-7-1-2-8-22/h3-6,9-10,21H,1-2,7-8H2,(H,23,24). The number of thiazole rings is 1. The summed E-state index contributed by atoms with van der Waals surface area (Å²) in [5.41, 5.74) is 0.933. The van der Waals surface area contributed by atoms with Gasteiger partial charge in [-0.2, -0.15) is 0 Å². The van der Waals surface area contributed by atoms with E-state index in [1.807, 2.05) is 0 Å². The second-order valence-electron chi connectivity index (χ2n) is 6.43. The van der Waals surface area contributed by atoms with E-state index in [4.69, 9.17) is 16.7 Å². The predicted octanol–water partition coefficient (Wildman–Crippen LogP) is 4.05. The van der Waals surface area contributed by atoms with E-state index in [1.165, 1.54) is 23.5 Å². The van der Waals surface area contributed by atoms with E-state index in [1.54, 1.807) is 18.2 Å². The second kappa shape index (κ2) is 7.23. The van der Waals surface area contributed by atoms with Crippen LogP contribution >= 0.6 is 22.9 Å². The van der Waals surface area contributed by atoms with Gasteiger partial charge in [0.1, 0.15) is 0 Å². The smallest absolute Gasteiger partial charge is 0.337 e. The average molecular weight is 438 g/mol. The number of benzene rings is 2. The number of carboxylic acids is 1. The van der Waals surface area contributed by atoms with Gasteiger partial charge in [0.2, 0.25) is 0 Å². The van der Waals surface area contributed by atoms with Crippen molar-refractivity contribution >= 4 is 60.0 Å². The summed E-state index contributed by atoms with van der Waals surface area (Å²) in [5.74, 6) is -1.29. The van der Waals surface area contributed by atoms with Crippen LogP contribution in [0, 0.1) is 0 Å².